The van der Waals surface area contributed by atoms with Crippen LogP contribution in [0.25, 0.3) is 0 Å². The zero-order chi connectivity index (χ0) is 17.9. The number of rotatable bonds is 6. The van der Waals surface area contributed by atoms with Crippen molar-refractivity contribution >= 4 is 13.7 Å². The van der Waals surface area contributed by atoms with Gasteiger partial charge in [0.2, 0.25) is 7.85 Å². The first-order valence-corrected chi connectivity index (χ1v) is 8.22. The molecule has 0 radical (unpaired) electrons. The van der Waals surface area contributed by atoms with Crippen molar-refractivity contribution in [3.8, 4) is 11.5 Å². The Hall–Kier alpha value is -1.95. The minimum atomic E-state index is -0.555. The van der Waals surface area contributed by atoms with Crippen LogP contribution in [0.4, 0.5) is 4.79 Å². The summed E-state index contributed by atoms with van der Waals surface area (Å²) >= 11 is 0. The predicted molar refractivity (Wildman–Crippen MR) is 96.4 cm³/mol. The molecule has 0 saturated carbocycles. The van der Waals surface area contributed by atoms with Gasteiger partial charge in [0, 0.05) is 0 Å². The van der Waals surface area contributed by atoms with Crippen LogP contribution in [0.15, 0.2) is 30.9 Å². The van der Waals surface area contributed by atoms with E-state index in [1.165, 1.54) is 0 Å². The minimum absolute atomic E-state index is 0.0389. The molecule has 5 nitrogen and oxygen atoms in total. The van der Waals surface area contributed by atoms with Gasteiger partial charge in [-0.25, -0.2) is 0 Å². The number of carbonyl (C=O) groups is 1. The maximum absolute atomic E-state index is 12.4. The summed E-state index contributed by atoms with van der Waals surface area (Å²) in [4.78, 5) is 14.2. The van der Waals surface area contributed by atoms with E-state index in [4.69, 9.17) is 14.2 Å². The molecule has 24 heavy (non-hydrogen) atoms. The second kappa shape index (κ2) is 7.75. The van der Waals surface area contributed by atoms with Crippen LogP contribution < -0.4 is 9.47 Å². The average molecular weight is 331 g/mol. The van der Waals surface area contributed by atoms with Crippen LogP contribution in [-0.4, -0.2) is 44.9 Å². The fraction of sp³-hybridized carbons (Fsp3) is 0.500. The van der Waals surface area contributed by atoms with Gasteiger partial charge in [0.25, 0.3) is 0 Å². The van der Waals surface area contributed by atoms with Gasteiger partial charge in [-0.05, 0) is 24.5 Å². The molecule has 1 saturated heterocycles. The zero-order valence-corrected chi connectivity index (χ0v) is 15.1. The van der Waals surface area contributed by atoms with E-state index in [2.05, 4.69) is 20.4 Å². The highest BCUT2D eigenvalue weighted by Crippen LogP contribution is 2.44. The Morgan fingerprint density at radius 1 is 1.38 bits per heavy atom. The number of nitrogens with zero attached hydrogens (tertiary/aromatic N) is 1. The van der Waals surface area contributed by atoms with Crippen molar-refractivity contribution in [1.82, 2.24) is 4.90 Å². The zero-order valence-electron chi connectivity index (χ0n) is 15.1. The van der Waals surface area contributed by atoms with Gasteiger partial charge in [-0.15, -0.1) is 6.58 Å². The summed E-state index contributed by atoms with van der Waals surface area (Å²) in [7, 11) is 4.76. The normalized spacial score (nSPS) is 23.4. The highest BCUT2D eigenvalue weighted by atomic mass is 16.5. The van der Waals surface area contributed by atoms with E-state index in [-0.39, 0.29) is 18.0 Å². The predicted octanol–water partition coefficient (Wildman–Crippen LogP) is 2.76. The summed E-state index contributed by atoms with van der Waals surface area (Å²) in [6, 6.07) is 5.49. The Labute approximate surface area is 145 Å². The molecule has 1 aromatic carbocycles. The van der Waals surface area contributed by atoms with Crippen LogP contribution in [0.3, 0.4) is 0 Å². The molecule has 1 aliphatic heterocycles. The highest BCUT2D eigenvalue weighted by molar-refractivity contribution is 6.57. The van der Waals surface area contributed by atoms with E-state index >= 15 is 0 Å². The first-order valence-electron chi connectivity index (χ1n) is 8.22. The molecule has 0 N–H and O–H groups in total. The van der Waals surface area contributed by atoms with E-state index < -0.39 is 6.23 Å². The van der Waals surface area contributed by atoms with Crippen LogP contribution in [0.5, 0.6) is 11.5 Å². The molecule has 2 rings (SSSR count). The van der Waals surface area contributed by atoms with Gasteiger partial charge in [0.15, 0.2) is 12.0 Å². The number of methoxy groups -OCH3 is 2. The summed E-state index contributed by atoms with van der Waals surface area (Å²) in [6.07, 6.45) is 1.83. The first kappa shape index (κ1) is 18.4. The average Bonchev–Trinajstić information content (AvgIpc) is 2.91. The second-order valence-electron chi connectivity index (χ2n) is 6.39. The Kier molecular flexibility index (Phi) is 5.94. The van der Waals surface area contributed by atoms with Gasteiger partial charge in [0.05, 0.1) is 31.9 Å². The van der Waals surface area contributed by atoms with Crippen molar-refractivity contribution in [2.24, 2.45) is 5.92 Å². The molecule has 6 heteroatoms. The molecule has 1 heterocycles. The molecule has 0 bridgehead atoms. The van der Waals surface area contributed by atoms with Crippen molar-refractivity contribution in [2.45, 2.75) is 38.6 Å². The van der Waals surface area contributed by atoms with Crippen molar-refractivity contribution in [3.05, 3.63) is 36.4 Å². The fourth-order valence-electron chi connectivity index (χ4n) is 3.31. The number of hydrogen-bond acceptors (Lipinski definition) is 4. The van der Waals surface area contributed by atoms with Gasteiger partial charge in [-0.3, -0.25) is 4.79 Å². The third-order valence-electron chi connectivity index (χ3n) is 4.30. The van der Waals surface area contributed by atoms with Crippen molar-refractivity contribution in [3.63, 3.8) is 0 Å². The maximum atomic E-state index is 12.4. The molecule has 1 fully saturated rings. The second-order valence-corrected chi connectivity index (χ2v) is 6.39. The molecule has 0 spiro atoms. The van der Waals surface area contributed by atoms with Crippen LogP contribution in [0.1, 0.15) is 32.1 Å². The van der Waals surface area contributed by atoms with E-state index in [1.54, 1.807) is 33.0 Å². The lowest BCUT2D eigenvalue weighted by Crippen LogP contribution is -2.40. The topological polar surface area (TPSA) is 48.0 Å². The van der Waals surface area contributed by atoms with Crippen molar-refractivity contribution in [2.75, 3.05) is 14.2 Å². The third-order valence-corrected chi connectivity index (χ3v) is 4.30. The van der Waals surface area contributed by atoms with Crippen LogP contribution in [0, 0.1) is 5.92 Å². The number of benzene rings is 1. The minimum Gasteiger partial charge on any atom is -0.496 e. The van der Waals surface area contributed by atoms with Gasteiger partial charge in [0.1, 0.15) is 11.5 Å². The van der Waals surface area contributed by atoms with Crippen LogP contribution in [-0.2, 0) is 4.74 Å². The molecule has 1 amide bonds. The van der Waals surface area contributed by atoms with Crippen LogP contribution >= 0.6 is 0 Å². The standard InChI is InChI=1S/C18H26BNO4/c1-6-13-12(10-11(2)3)20(18(19)21)17(24-13)16-14(22-4)8-7-9-15(16)23-5/h6-9,11-13,17H,1,10,19H2,2-5H3/t12-,13-,17?/m0/s1. The number of ether oxygens (including phenoxy) is 3. The molecule has 0 aliphatic carbocycles. The van der Waals surface area contributed by atoms with E-state index in [0.717, 1.165) is 12.0 Å². The fourth-order valence-corrected chi connectivity index (χ4v) is 3.31. The molecule has 1 aliphatic rings. The van der Waals surface area contributed by atoms with Gasteiger partial charge >= 0.3 is 0 Å². The molecule has 1 unspecified atom stereocenters. The molecule has 0 aromatic heterocycles. The summed E-state index contributed by atoms with van der Waals surface area (Å²) in [5.74, 6) is 1.67. The quantitative estimate of drug-likeness (QED) is 0.594. The number of carbonyl (C=O) groups excluding carboxylic acids is 1. The van der Waals surface area contributed by atoms with E-state index in [9.17, 15) is 4.79 Å². The monoisotopic (exact) mass is 331 g/mol. The lowest BCUT2D eigenvalue weighted by Gasteiger charge is -2.30. The van der Waals surface area contributed by atoms with Gasteiger partial charge < -0.3 is 19.1 Å². The van der Waals surface area contributed by atoms with E-state index in [0.29, 0.717) is 17.4 Å². The van der Waals surface area contributed by atoms with Gasteiger partial charge in [-0.2, -0.15) is 0 Å². The van der Waals surface area contributed by atoms with Gasteiger partial charge in [-0.1, -0.05) is 26.0 Å². The summed E-state index contributed by atoms with van der Waals surface area (Å²) in [6.45, 7) is 8.15. The Morgan fingerprint density at radius 3 is 2.38 bits per heavy atom. The molecular formula is C18H26BNO4. The first-order chi connectivity index (χ1) is 11.4. The van der Waals surface area contributed by atoms with Crippen LogP contribution in [0.2, 0.25) is 0 Å². The Bertz CT molecular complexity index is 582. The summed E-state index contributed by atoms with van der Waals surface area (Å²) < 4.78 is 17.2. The highest BCUT2D eigenvalue weighted by Gasteiger charge is 2.45. The van der Waals surface area contributed by atoms with Crippen molar-refractivity contribution in [1.29, 1.82) is 0 Å². The Morgan fingerprint density at radius 2 is 1.96 bits per heavy atom. The summed E-state index contributed by atoms with van der Waals surface area (Å²) in [5.41, 5.74) is 0.732. The number of amides is 1. The molecule has 1 aromatic rings. The molecule has 130 valence electrons. The SMILES string of the molecule is BC(=O)N1C(c2c(OC)cccc2OC)O[C@@H](C=C)[C@@H]1CC(C)C. The largest absolute Gasteiger partial charge is 0.496 e. The molecular weight excluding hydrogens is 305 g/mol. The maximum Gasteiger partial charge on any atom is 0.216 e. The smallest absolute Gasteiger partial charge is 0.216 e. The van der Waals surface area contributed by atoms with Crippen molar-refractivity contribution < 1.29 is 19.0 Å². The lowest BCUT2D eigenvalue weighted by atomic mass is 9.95. The van der Waals surface area contributed by atoms with E-state index in [1.807, 2.05) is 18.2 Å². The lowest BCUT2D eigenvalue weighted by molar-refractivity contribution is 0.0272. The Balaban J connectivity index is 2.53. The number of hydrogen-bond donors (Lipinski definition) is 0. The summed E-state index contributed by atoms with van der Waals surface area (Å²) in [5, 5.41) is 0. The third kappa shape index (κ3) is 3.43. The molecule has 3 atom stereocenters.